The van der Waals surface area contributed by atoms with Crippen LogP contribution in [0.3, 0.4) is 0 Å². The van der Waals surface area contributed by atoms with Crippen LogP contribution in [-0.4, -0.2) is 32.7 Å². The molecule has 2 atom stereocenters. The van der Waals surface area contributed by atoms with E-state index in [-0.39, 0.29) is 11.9 Å². The summed E-state index contributed by atoms with van der Waals surface area (Å²) in [6.07, 6.45) is 2.87. The maximum atomic E-state index is 12.6. The molecule has 0 aliphatic rings. The van der Waals surface area contributed by atoms with E-state index in [0.717, 1.165) is 23.4 Å². The summed E-state index contributed by atoms with van der Waals surface area (Å²) < 4.78 is 31.6. The van der Waals surface area contributed by atoms with Crippen LogP contribution in [-0.2, 0) is 14.8 Å². The van der Waals surface area contributed by atoms with Gasteiger partial charge in [0, 0.05) is 6.04 Å². The lowest BCUT2D eigenvalue weighted by Gasteiger charge is -2.29. The Hall–Kier alpha value is -2.54. The number of sulfonamides is 1. The van der Waals surface area contributed by atoms with Gasteiger partial charge in [-0.3, -0.25) is 9.10 Å². The van der Waals surface area contributed by atoms with Gasteiger partial charge in [-0.05, 0) is 56.7 Å². The van der Waals surface area contributed by atoms with Crippen LogP contribution in [0.4, 0.5) is 5.69 Å². The van der Waals surface area contributed by atoms with Crippen LogP contribution >= 0.6 is 0 Å². The first-order chi connectivity index (χ1) is 13.2. The smallest absolute Gasteiger partial charge is 0.243 e. The summed E-state index contributed by atoms with van der Waals surface area (Å²) in [5.74, 6) is 0.945. The maximum absolute atomic E-state index is 12.6. The minimum absolute atomic E-state index is 0.0111. The van der Waals surface area contributed by atoms with Crippen LogP contribution < -0.4 is 14.4 Å². The molecule has 0 saturated heterocycles. The number of carbonyl (C=O) groups is 1. The molecule has 0 fully saturated rings. The number of hydrogen-bond acceptors (Lipinski definition) is 4. The normalized spacial score (nSPS) is 13.4. The number of benzene rings is 2. The van der Waals surface area contributed by atoms with Gasteiger partial charge < -0.3 is 10.1 Å². The fourth-order valence-electron chi connectivity index (χ4n) is 2.96. The number of nitrogens with one attached hydrogen (secondary N) is 1. The van der Waals surface area contributed by atoms with Crippen molar-refractivity contribution >= 4 is 21.6 Å². The Labute approximate surface area is 167 Å². The third-order valence-corrected chi connectivity index (χ3v) is 5.51. The Morgan fingerprint density at radius 1 is 1.04 bits per heavy atom. The average Bonchev–Trinajstić information content (AvgIpc) is 2.63. The van der Waals surface area contributed by atoms with E-state index >= 15 is 0 Å². The molecule has 6 nitrogen and oxygen atoms in total. The van der Waals surface area contributed by atoms with Crippen molar-refractivity contribution in [2.75, 3.05) is 10.6 Å². The van der Waals surface area contributed by atoms with Crippen LogP contribution in [0.1, 0.15) is 33.6 Å². The first-order valence-electron chi connectivity index (χ1n) is 9.35. The minimum Gasteiger partial charge on any atom is -0.457 e. The molecule has 0 heterocycles. The van der Waals surface area contributed by atoms with E-state index in [4.69, 9.17) is 4.74 Å². The molecule has 2 rings (SSSR count). The van der Waals surface area contributed by atoms with Gasteiger partial charge in [-0.15, -0.1) is 0 Å². The predicted molar refractivity (Wildman–Crippen MR) is 112 cm³/mol. The molecular weight excluding hydrogens is 376 g/mol. The monoisotopic (exact) mass is 404 g/mol. The van der Waals surface area contributed by atoms with Gasteiger partial charge in [-0.1, -0.05) is 31.5 Å². The lowest BCUT2D eigenvalue weighted by Crippen LogP contribution is -2.49. The number of amides is 1. The van der Waals surface area contributed by atoms with Crippen LogP contribution in [0.5, 0.6) is 11.5 Å². The Balaban J connectivity index is 2.20. The Kier molecular flexibility index (Phi) is 7.45. The van der Waals surface area contributed by atoms with Gasteiger partial charge in [0.1, 0.15) is 17.5 Å². The van der Waals surface area contributed by atoms with Gasteiger partial charge >= 0.3 is 0 Å². The highest BCUT2D eigenvalue weighted by Gasteiger charge is 2.29. The standard InChI is InChI=1S/C21H28N2O4S/c1-5-9-16(2)22-21(24)17(3)23(28(4,25)26)18-12-14-20(15-13-18)27-19-10-7-6-8-11-19/h6-8,10-17H,5,9H2,1-4H3,(H,22,24)/t16-,17+/m1/s1. The zero-order valence-electron chi connectivity index (χ0n) is 16.8. The summed E-state index contributed by atoms with van der Waals surface area (Å²) in [5, 5.41) is 2.88. The number of carbonyl (C=O) groups excluding carboxylic acids is 1. The van der Waals surface area contributed by atoms with Crippen LogP contribution in [0.2, 0.25) is 0 Å². The van der Waals surface area contributed by atoms with Crippen molar-refractivity contribution in [3.05, 3.63) is 54.6 Å². The van der Waals surface area contributed by atoms with Gasteiger partial charge in [0.25, 0.3) is 0 Å². The summed E-state index contributed by atoms with van der Waals surface area (Å²) in [6, 6.07) is 15.1. The molecule has 7 heteroatoms. The minimum atomic E-state index is -3.65. The first kappa shape index (κ1) is 21.8. The van der Waals surface area contributed by atoms with Crippen molar-refractivity contribution in [2.24, 2.45) is 0 Å². The molecule has 152 valence electrons. The summed E-state index contributed by atoms with van der Waals surface area (Å²) in [7, 11) is -3.65. The van der Waals surface area contributed by atoms with Crippen LogP contribution in [0.25, 0.3) is 0 Å². The van der Waals surface area contributed by atoms with Crippen LogP contribution in [0.15, 0.2) is 54.6 Å². The van der Waals surface area contributed by atoms with Crippen LogP contribution in [0, 0.1) is 0 Å². The molecule has 1 amide bonds. The van der Waals surface area contributed by atoms with Crippen molar-refractivity contribution in [1.29, 1.82) is 0 Å². The zero-order valence-corrected chi connectivity index (χ0v) is 17.6. The van der Waals surface area contributed by atoms with E-state index < -0.39 is 16.1 Å². The Morgan fingerprint density at radius 3 is 2.14 bits per heavy atom. The molecular formula is C21H28N2O4S. The fourth-order valence-corrected chi connectivity index (χ4v) is 4.14. The van der Waals surface area contributed by atoms with Crippen molar-refractivity contribution in [3.8, 4) is 11.5 Å². The van der Waals surface area contributed by atoms with E-state index in [1.54, 1.807) is 31.2 Å². The molecule has 0 unspecified atom stereocenters. The first-order valence-corrected chi connectivity index (χ1v) is 11.2. The zero-order chi connectivity index (χ0) is 20.7. The molecule has 0 saturated carbocycles. The summed E-state index contributed by atoms with van der Waals surface area (Å²) in [4.78, 5) is 12.6. The molecule has 0 aromatic heterocycles. The van der Waals surface area contributed by atoms with Crippen molar-refractivity contribution in [2.45, 2.75) is 45.7 Å². The molecule has 2 aromatic rings. The summed E-state index contributed by atoms with van der Waals surface area (Å²) >= 11 is 0. The van der Waals surface area contributed by atoms with Crippen molar-refractivity contribution in [3.63, 3.8) is 0 Å². The van der Waals surface area contributed by atoms with E-state index in [1.165, 1.54) is 0 Å². The number of para-hydroxylation sites is 1. The molecule has 0 spiro atoms. The molecule has 1 N–H and O–H groups in total. The summed E-state index contributed by atoms with van der Waals surface area (Å²) in [6.45, 7) is 5.53. The third-order valence-electron chi connectivity index (χ3n) is 4.27. The number of anilines is 1. The van der Waals surface area contributed by atoms with Gasteiger partial charge in [-0.2, -0.15) is 0 Å². The number of hydrogen-bond donors (Lipinski definition) is 1. The number of rotatable bonds is 9. The SMILES string of the molecule is CCC[C@@H](C)NC(=O)[C@H](C)N(c1ccc(Oc2ccccc2)cc1)S(C)(=O)=O. The van der Waals surface area contributed by atoms with Gasteiger partial charge in [-0.25, -0.2) is 8.42 Å². The van der Waals surface area contributed by atoms with E-state index in [2.05, 4.69) is 5.32 Å². The van der Waals surface area contributed by atoms with Gasteiger partial charge in [0.2, 0.25) is 15.9 Å². The molecule has 28 heavy (non-hydrogen) atoms. The second-order valence-corrected chi connectivity index (χ2v) is 8.70. The highest BCUT2D eigenvalue weighted by atomic mass is 32.2. The van der Waals surface area contributed by atoms with E-state index in [1.807, 2.05) is 44.2 Å². The predicted octanol–water partition coefficient (Wildman–Crippen LogP) is 3.94. The lowest BCUT2D eigenvalue weighted by molar-refractivity contribution is -0.122. The topological polar surface area (TPSA) is 75.7 Å². The summed E-state index contributed by atoms with van der Waals surface area (Å²) in [5.41, 5.74) is 0.411. The molecule has 0 aliphatic heterocycles. The maximum Gasteiger partial charge on any atom is 0.243 e. The fraction of sp³-hybridized carbons (Fsp3) is 0.381. The van der Waals surface area contributed by atoms with Crippen molar-refractivity contribution < 1.29 is 17.9 Å². The Morgan fingerprint density at radius 2 is 1.61 bits per heavy atom. The van der Waals surface area contributed by atoms with Gasteiger partial charge in [0.15, 0.2) is 0 Å². The highest BCUT2D eigenvalue weighted by molar-refractivity contribution is 7.92. The number of nitrogens with zero attached hydrogens (tertiary/aromatic N) is 1. The second kappa shape index (κ2) is 9.59. The molecule has 0 aliphatic carbocycles. The Bertz CT molecular complexity index is 867. The lowest BCUT2D eigenvalue weighted by atomic mass is 10.2. The number of ether oxygens (including phenoxy) is 1. The van der Waals surface area contributed by atoms with Gasteiger partial charge in [0.05, 0.1) is 11.9 Å². The highest BCUT2D eigenvalue weighted by Crippen LogP contribution is 2.27. The third kappa shape index (κ3) is 5.99. The van der Waals surface area contributed by atoms with E-state index in [0.29, 0.717) is 17.2 Å². The quantitative estimate of drug-likeness (QED) is 0.687. The second-order valence-electron chi connectivity index (χ2n) is 6.84. The molecule has 2 aromatic carbocycles. The largest absolute Gasteiger partial charge is 0.457 e. The average molecular weight is 405 g/mol. The van der Waals surface area contributed by atoms with Crippen molar-refractivity contribution in [1.82, 2.24) is 5.32 Å². The molecule has 0 radical (unpaired) electrons. The molecule has 0 bridgehead atoms. The van der Waals surface area contributed by atoms with E-state index in [9.17, 15) is 13.2 Å².